The van der Waals surface area contributed by atoms with E-state index < -0.39 is 0 Å². The Bertz CT molecular complexity index is 560. The maximum absolute atomic E-state index is 11.6. The maximum atomic E-state index is 11.6. The molecular weight excluding hydrogens is 384 g/mol. The van der Waals surface area contributed by atoms with Crippen LogP contribution in [0.3, 0.4) is 0 Å². The highest BCUT2D eigenvalue weighted by molar-refractivity contribution is 9.10. The van der Waals surface area contributed by atoms with Crippen molar-refractivity contribution in [3.8, 4) is 0 Å². The van der Waals surface area contributed by atoms with Gasteiger partial charge in [0.15, 0.2) is 0 Å². The normalized spacial score (nSPS) is 20.3. The molecule has 0 atom stereocenters. The molecule has 140 valence electrons. The van der Waals surface area contributed by atoms with Gasteiger partial charge in [0.2, 0.25) is 0 Å². The van der Waals surface area contributed by atoms with Crippen LogP contribution in [0.1, 0.15) is 51.5 Å². The zero-order chi connectivity index (χ0) is 18.2. The Morgan fingerprint density at radius 2 is 2.00 bits per heavy atom. The van der Waals surface area contributed by atoms with Gasteiger partial charge in [-0.25, -0.2) is 4.98 Å². The summed E-state index contributed by atoms with van der Waals surface area (Å²) in [5.74, 6) is 1.88. The van der Waals surface area contributed by atoms with Crippen molar-refractivity contribution in [2.24, 2.45) is 11.8 Å². The summed E-state index contributed by atoms with van der Waals surface area (Å²) in [4.78, 5) is 18.4. The predicted molar refractivity (Wildman–Crippen MR) is 102 cm³/mol. The molecule has 0 saturated heterocycles. The number of esters is 1. The molecular formula is C19H29BrN2O3. The predicted octanol–water partition coefficient (Wildman–Crippen LogP) is 3.92. The third-order valence-corrected chi connectivity index (χ3v) is 5.40. The van der Waals surface area contributed by atoms with Crippen LogP contribution in [0.15, 0.2) is 16.7 Å². The SMILES string of the molecule is CCOC(=O)C[C@H]1CC[C@H](CN(CC)c2ncc(Br)cc2CO)CC1. The molecule has 0 aliphatic heterocycles. The molecule has 1 N–H and O–H groups in total. The standard InChI is InChI=1S/C19H29BrN2O3/c1-3-22(19-16(13-23)10-17(20)11-21-19)12-15-7-5-14(6-8-15)9-18(24)25-4-2/h10-11,14-15,23H,3-9,12-13H2,1-2H3/t14-,15-. The molecule has 0 radical (unpaired) electrons. The van der Waals surface area contributed by atoms with Gasteiger partial charge in [-0.2, -0.15) is 0 Å². The van der Waals surface area contributed by atoms with E-state index in [4.69, 9.17) is 4.74 Å². The Balaban J connectivity index is 1.90. The van der Waals surface area contributed by atoms with Crippen LogP contribution in [0.2, 0.25) is 0 Å². The van der Waals surface area contributed by atoms with Crippen LogP contribution in [0.4, 0.5) is 5.82 Å². The van der Waals surface area contributed by atoms with Crippen molar-refractivity contribution in [2.75, 3.05) is 24.6 Å². The number of ether oxygens (including phenoxy) is 1. The van der Waals surface area contributed by atoms with Crippen LogP contribution in [-0.4, -0.2) is 35.8 Å². The van der Waals surface area contributed by atoms with E-state index in [9.17, 15) is 9.90 Å². The highest BCUT2D eigenvalue weighted by atomic mass is 79.9. The largest absolute Gasteiger partial charge is 0.466 e. The highest BCUT2D eigenvalue weighted by Gasteiger charge is 2.25. The number of aliphatic hydroxyl groups is 1. The van der Waals surface area contributed by atoms with Gasteiger partial charge in [0, 0.05) is 35.7 Å². The topological polar surface area (TPSA) is 62.7 Å². The second kappa shape index (κ2) is 10.1. The summed E-state index contributed by atoms with van der Waals surface area (Å²) in [6.45, 7) is 6.24. The van der Waals surface area contributed by atoms with Gasteiger partial charge in [-0.05, 0) is 73.4 Å². The van der Waals surface area contributed by atoms with Gasteiger partial charge < -0.3 is 14.7 Å². The van der Waals surface area contributed by atoms with E-state index in [-0.39, 0.29) is 12.6 Å². The number of halogens is 1. The molecule has 0 bridgehead atoms. The third kappa shape index (κ3) is 5.96. The second-order valence-electron chi connectivity index (χ2n) is 6.73. The number of hydrogen-bond donors (Lipinski definition) is 1. The molecule has 1 heterocycles. The number of anilines is 1. The molecule has 1 fully saturated rings. The molecule has 25 heavy (non-hydrogen) atoms. The first kappa shape index (κ1) is 20.2. The molecule has 5 nitrogen and oxygen atoms in total. The van der Waals surface area contributed by atoms with E-state index in [0.717, 1.165) is 54.6 Å². The fourth-order valence-electron chi connectivity index (χ4n) is 3.63. The fraction of sp³-hybridized carbons (Fsp3) is 0.684. The van der Waals surface area contributed by atoms with Gasteiger partial charge in [0.25, 0.3) is 0 Å². The summed E-state index contributed by atoms with van der Waals surface area (Å²) in [5, 5.41) is 9.62. The van der Waals surface area contributed by atoms with E-state index in [2.05, 4.69) is 32.7 Å². The van der Waals surface area contributed by atoms with E-state index >= 15 is 0 Å². The number of pyridine rings is 1. The molecule has 2 rings (SSSR count). The molecule has 1 aromatic heterocycles. The van der Waals surface area contributed by atoms with Gasteiger partial charge in [0.1, 0.15) is 5.82 Å². The molecule has 1 aliphatic rings. The van der Waals surface area contributed by atoms with E-state index in [0.29, 0.717) is 24.9 Å². The lowest BCUT2D eigenvalue weighted by atomic mass is 9.80. The Labute approximate surface area is 158 Å². The summed E-state index contributed by atoms with van der Waals surface area (Å²) in [5.41, 5.74) is 0.854. The van der Waals surface area contributed by atoms with Gasteiger partial charge in [-0.1, -0.05) is 0 Å². The fourth-order valence-corrected chi connectivity index (χ4v) is 4.00. The van der Waals surface area contributed by atoms with Gasteiger partial charge in [-0.3, -0.25) is 4.79 Å². The number of aromatic nitrogens is 1. The van der Waals surface area contributed by atoms with Crippen LogP contribution in [0, 0.1) is 11.8 Å². The summed E-state index contributed by atoms with van der Waals surface area (Å²) in [6.07, 6.45) is 6.77. The zero-order valence-corrected chi connectivity index (χ0v) is 16.8. The van der Waals surface area contributed by atoms with Crippen LogP contribution < -0.4 is 4.90 Å². The summed E-state index contributed by atoms with van der Waals surface area (Å²) in [7, 11) is 0. The van der Waals surface area contributed by atoms with Crippen molar-refractivity contribution in [1.29, 1.82) is 0 Å². The molecule has 0 amide bonds. The first-order valence-electron chi connectivity index (χ1n) is 9.23. The number of hydrogen-bond acceptors (Lipinski definition) is 5. The van der Waals surface area contributed by atoms with E-state index in [1.54, 1.807) is 6.20 Å². The minimum absolute atomic E-state index is 0.00937. The smallest absolute Gasteiger partial charge is 0.306 e. The summed E-state index contributed by atoms with van der Waals surface area (Å²) >= 11 is 3.41. The first-order valence-corrected chi connectivity index (χ1v) is 10.0. The summed E-state index contributed by atoms with van der Waals surface area (Å²) < 4.78 is 5.95. The quantitative estimate of drug-likeness (QED) is 0.655. The lowest BCUT2D eigenvalue weighted by Crippen LogP contribution is -2.33. The highest BCUT2D eigenvalue weighted by Crippen LogP contribution is 2.33. The average molecular weight is 413 g/mol. The minimum Gasteiger partial charge on any atom is -0.466 e. The van der Waals surface area contributed by atoms with Crippen molar-refractivity contribution in [3.63, 3.8) is 0 Å². The molecule has 0 unspecified atom stereocenters. The Morgan fingerprint density at radius 1 is 1.32 bits per heavy atom. The monoisotopic (exact) mass is 412 g/mol. The Morgan fingerprint density at radius 3 is 2.60 bits per heavy atom. The van der Waals surface area contributed by atoms with Crippen LogP contribution in [-0.2, 0) is 16.1 Å². The van der Waals surface area contributed by atoms with Crippen LogP contribution >= 0.6 is 15.9 Å². The molecule has 1 saturated carbocycles. The van der Waals surface area contributed by atoms with Crippen molar-refractivity contribution < 1.29 is 14.6 Å². The van der Waals surface area contributed by atoms with Crippen LogP contribution in [0.5, 0.6) is 0 Å². The first-order chi connectivity index (χ1) is 12.1. The number of carbonyl (C=O) groups excluding carboxylic acids is 1. The lowest BCUT2D eigenvalue weighted by Gasteiger charge is -2.33. The molecule has 1 aromatic rings. The van der Waals surface area contributed by atoms with Crippen molar-refractivity contribution in [1.82, 2.24) is 4.98 Å². The van der Waals surface area contributed by atoms with E-state index in [1.807, 2.05) is 13.0 Å². The van der Waals surface area contributed by atoms with Crippen molar-refractivity contribution in [2.45, 2.75) is 52.6 Å². The molecule has 0 aromatic carbocycles. The minimum atomic E-state index is -0.0622. The van der Waals surface area contributed by atoms with Crippen molar-refractivity contribution in [3.05, 3.63) is 22.3 Å². The molecule has 0 spiro atoms. The van der Waals surface area contributed by atoms with Crippen molar-refractivity contribution >= 4 is 27.7 Å². The average Bonchev–Trinajstić information content (AvgIpc) is 2.61. The maximum Gasteiger partial charge on any atom is 0.306 e. The number of carbonyl (C=O) groups is 1. The zero-order valence-electron chi connectivity index (χ0n) is 15.2. The lowest BCUT2D eigenvalue weighted by molar-refractivity contribution is -0.144. The third-order valence-electron chi connectivity index (χ3n) is 4.97. The van der Waals surface area contributed by atoms with Gasteiger partial charge in [-0.15, -0.1) is 0 Å². The number of aliphatic hydroxyl groups excluding tert-OH is 1. The van der Waals surface area contributed by atoms with E-state index in [1.165, 1.54) is 0 Å². The Hall–Kier alpha value is -1.14. The van der Waals surface area contributed by atoms with Gasteiger partial charge >= 0.3 is 5.97 Å². The molecule has 1 aliphatic carbocycles. The number of nitrogens with zero attached hydrogens (tertiary/aromatic N) is 2. The van der Waals surface area contributed by atoms with Gasteiger partial charge in [0.05, 0.1) is 13.2 Å². The second-order valence-corrected chi connectivity index (χ2v) is 7.64. The van der Waals surface area contributed by atoms with Crippen LogP contribution in [0.25, 0.3) is 0 Å². The molecule has 6 heteroatoms. The summed E-state index contributed by atoms with van der Waals surface area (Å²) in [6, 6.07) is 1.93. The Kier molecular flexibility index (Phi) is 8.16. The number of rotatable bonds is 8.